The molecule has 7 heteroatoms. The number of likely N-dealkylation sites (tertiary alicyclic amines) is 1. The molecule has 3 heterocycles. The Hall–Kier alpha value is -4.78. The molecular weight excluding hydrogens is 771 g/mol. The first kappa shape index (κ1) is 50.9. The van der Waals surface area contributed by atoms with Gasteiger partial charge < -0.3 is 25.5 Å². The van der Waals surface area contributed by atoms with Crippen molar-refractivity contribution in [2.45, 2.75) is 163 Å². The molecule has 7 nitrogen and oxygen atoms in total. The van der Waals surface area contributed by atoms with Crippen molar-refractivity contribution >= 4 is 0 Å². The van der Waals surface area contributed by atoms with Gasteiger partial charge >= 0.3 is 0 Å². The van der Waals surface area contributed by atoms with Gasteiger partial charge in [0, 0.05) is 36.4 Å². The summed E-state index contributed by atoms with van der Waals surface area (Å²) in [7, 11) is 0. The van der Waals surface area contributed by atoms with Crippen LogP contribution in [0.3, 0.4) is 0 Å². The maximum absolute atomic E-state index is 4.91. The topological polar surface area (TPSA) is 84.7 Å². The molecule has 2 aromatic carbocycles. The van der Waals surface area contributed by atoms with Gasteiger partial charge in [-0.05, 0) is 111 Å². The number of H-pyrrole nitrogens is 2. The van der Waals surface area contributed by atoms with Crippen LogP contribution in [0.4, 0.5) is 0 Å². The van der Waals surface area contributed by atoms with Crippen LogP contribution in [0.2, 0.25) is 0 Å². The number of hydrogen-bond acceptors (Lipinski definition) is 5. The summed E-state index contributed by atoms with van der Waals surface area (Å²) in [6, 6.07) is 18.4. The van der Waals surface area contributed by atoms with Crippen LogP contribution in [0.25, 0.3) is 33.6 Å². The molecule has 4 N–H and O–H groups in total. The van der Waals surface area contributed by atoms with E-state index < -0.39 is 0 Å². The largest absolute Gasteiger partial charge is 0.392 e. The van der Waals surface area contributed by atoms with Gasteiger partial charge in [0.2, 0.25) is 0 Å². The number of benzene rings is 2. The molecule has 0 radical (unpaired) electrons. The standard InChI is InChI=1S/C45H60N6.C5H10.C4H9N.C2H6/c1-6-30(2)48-43(39-16-11-8-12-17-39)32(4)44-46-28-40(49-44)37-23-19-35(20-24-37)36-21-25-38(26-22-36)41-29-47-45(50-41)42-18-13-27-51(42)33(5)31(3)34-14-9-7-10-15-34;1-4-5(2)3;1-3-5-4-2;1-2/h19-26,28-29,31-32,34,39,42-43,48H,2,5-18,27H2,1,3-4H3,(H,46,49)(H,47,50);2,4H2,1,3H3;3,5H,1,4H2,2H3;1-2H3/t31?,32-,42?,43?;;;/m1.../s1. The van der Waals surface area contributed by atoms with Crippen molar-refractivity contribution in [2.24, 2.45) is 17.8 Å². The summed E-state index contributed by atoms with van der Waals surface area (Å²) in [5, 5.41) is 6.67. The molecule has 3 unspecified atom stereocenters. The maximum Gasteiger partial charge on any atom is 0.129 e. The molecule has 63 heavy (non-hydrogen) atoms. The van der Waals surface area contributed by atoms with Crippen molar-refractivity contribution < 1.29 is 0 Å². The predicted molar refractivity (Wildman–Crippen MR) is 272 cm³/mol. The molecule has 2 saturated carbocycles. The van der Waals surface area contributed by atoms with Crippen LogP contribution in [0.5, 0.6) is 0 Å². The lowest BCUT2D eigenvalue weighted by atomic mass is 9.78. The molecule has 0 amide bonds. The van der Waals surface area contributed by atoms with Gasteiger partial charge in [-0.2, -0.15) is 0 Å². The molecule has 2 aliphatic carbocycles. The van der Waals surface area contributed by atoms with Crippen molar-refractivity contribution in [1.29, 1.82) is 0 Å². The summed E-state index contributed by atoms with van der Waals surface area (Å²) < 4.78 is 0. The van der Waals surface area contributed by atoms with E-state index in [-0.39, 0.29) is 5.92 Å². The minimum absolute atomic E-state index is 0.278. The third-order valence-electron chi connectivity index (χ3n) is 13.6. The van der Waals surface area contributed by atoms with E-state index >= 15 is 0 Å². The van der Waals surface area contributed by atoms with E-state index in [2.05, 4.69) is 128 Å². The summed E-state index contributed by atoms with van der Waals surface area (Å²) in [6.07, 6.45) is 23.5. The van der Waals surface area contributed by atoms with E-state index in [0.717, 1.165) is 78.1 Å². The highest BCUT2D eigenvalue weighted by molar-refractivity contribution is 5.71. The van der Waals surface area contributed by atoms with Crippen LogP contribution in [-0.2, 0) is 0 Å². The molecule has 0 bridgehead atoms. The highest BCUT2D eigenvalue weighted by Crippen LogP contribution is 2.41. The molecule has 7 rings (SSSR count). The van der Waals surface area contributed by atoms with Crippen LogP contribution in [-0.4, -0.2) is 44.0 Å². The SMILES string of the molecule is C=C(C)CC.C=C(CC)NC(C1CCCCC1)[C@@H](C)c1ncc(-c2ccc(-c3ccc(-c4cnc(C5CCCN5C(=C)C(C)C5CCCCC5)[nH]4)cc3)cc2)[nH]1.C=CNCC.CC. The Morgan fingerprint density at radius 3 is 1.71 bits per heavy atom. The van der Waals surface area contributed by atoms with Crippen LogP contribution in [0.1, 0.15) is 169 Å². The number of allylic oxidation sites excluding steroid dienone is 3. The fourth-order valence-corrected chi connectivity index (χ4v) is 9.41. The molecule has 0 spiro atoms. The summed E-state index contributed by atoms with van der Waals surface area (Å²) in [4.78, 5) is 19.7. The van der Waals surface area contributed by atoms with Crippen LogP contribution in [0, 0.1) is 17.8 Å². The van der Waals surface area contributed by atoms with Crippen molar-refractivity contribution in [1.82, 2.24) is 35.5 Å². The fraction of sp³-hybridized carbons (Fsp3) is 0.536. The van der Waals surface area contributed by atoms with E-state index in [4.69, 9.17) is 9.97 Å². The number of nitrogens with one attached hydrogen (secondary N) is 4. The summed E-state index contributed by atoms with van der Waals surface area (Å²) >= 11 is 0. The number of imidazole rings is 2. The van der Waals surface area contributed by atoms with Crippen molar-refractivity contribution in [2.75, 3.05) is 13.1 Å². The van der Waals surface area contributed by atoms with Gasteiger partial charge in [-0.25, -0.2) is 9.97 Å². The second kappa shape index (κ2) is 26.8. The van der Waals surface area contributed by atoms with Gasteiger partial charge in [0.15, 0.2) is 0 Å². The Balaban J connectivity index is 0.000000647. The van der Waals surface area contributed by atoms with Gasteiger partial charge in [-0.15, -0.1) is 6.58 Å². The third-order valence-corrected chi connectivity index (χ3v) is 13.6. The minimum atomic E-state index is 0.278. The molecule has 4 aromatic rings. The van der Waals surface area contributed by atoms with Crippen LogP contribution in [0.15, 0.2) is 110 Å². The number of rotatable bonds is 16. The highest BCUT2D eigenvalue weighted by Gasteiger charge is 2.34. The minimum Gasteiger partial charge on any atom is -0.392 e. The van der Waals surface area contributed by atoms with Crippen LogP contribution >= 0.6 is 0 Å². The van der Waals surface area contributed by atoms with E-state index in [1.165, 1.54) is 93.0 Å². The lowest BCUT2D eigenvalue weighted by molar-refractivity contribution is 0.218. The van der Waals surface area contributed by atoms with Gasteiger partial charge in [-0.1, -0.05) is 154 Å². The maximum atomic E-state index is 4.91. The lowest BCUT2D eigenvalue weighted by Crippen LogP contribution is -2.40. The highest BCUT2D eigenvalue weighted by atomic mass is 15.2. The van der Waals surface area contributed by atoms with E-state index in [1.54, 1.807) is 6.20 Å². The van der Waals surface area contributed by atoms with Gasteiger partial charge in [0.25, 0.3) is 0 Å². The Morgan fingerprint density at radius 2 is 1.22 bits per heavy atom. The average molecular weight is 856 g/mol. The summed E-state index contributed by atoms with van der Waals surface area (Å²) in [6.45, 7) is 35.1. The Bertz CT molecular complexity index is 1940. The zero-order valence-electron chi connectivity index (χ0n) is 40.8. The van der Waals surface area contributed by atoms with Gasteiger partial charge in [-0.3, -0.25) is 0 Å². The quantitative estimate of drug-likeness (QED) is 0.0844. The number of aromatic amines is 2. The van der Waals surface area contributed by atoms with Crippen LogP contribution < -0.4 is 10.6 Å². The predicted octanol–water partition coefficient (Wildman–Crippen LogP) is 15.3. The summed E-state index contributed by atoms with van der Waals surface area (Å²) in [5.41, 5.74) is 10.6. The van der Waals surface area contributed by atoms with E-state index in [0.29, 0.717) is 23.9 Å². The molecule has 1 aliphatic heterocycles. The first-order valence-corrected chi connectivity index (χ1v) is 24.8. The molecule has 344 valence electrons. The monoisotopic (exact) mass is 856 g/mol. The molecular formula is C56H85N7. The molecule has 4 atom stereocenters. The number of aromatic nitrogens is 4. The van der Waals surface area contributed by atoms with Crippen molar-refractivity contribution in [3.8, 4) is 33.6 Å². The normalized spacial score (nSPS) is 17.9. The van der Waals surface area contributed by atoms with E-state index in [9.17, 15) is 0 Å². The number of hydrogen-bond donors (Lipinski definition) is 4. The van der Waals surface area contributed by atoms with Gasteiger partial charge in [0.05, 0.1) is 29.8 Å². The second-order valence-electron chi connectivity index (χ2n) is 17.9. The van der Waals surface area contributed by atoms with Gasteiger partial charge in [0.1, 0.15) is 11.6 Å². The Kier molecular flexibility index (Phi) is 21.6. The summed E-state index contributed by atoms with van der Waals surface area (Å²) in [5.74, 6) is 4.38. The number of nitrogens with zero attached hydrogens (tertiary/aromatic N) is 3. The molecule has 1 saturated heterocycles. The van der Waals surface area contributed by atoms with E-state index in [1.807, 2.05) is 40.1 Å². The smallest absolute Gasteiger partial charge is 0.129 e. The zero-order chi connectivity index (χ0) is 45.7. The Morgan fingerprint density at radius 1 is 0.714 bits per heavy atom. The molecule has 3 aliphatic rings. The van der Waals surface area contributed by atoms with Crippen molar-refractivity contribution in [3.05, 3.63) is 122 Å². The Labute approximate surface area is 383 Å². The zero-order valence-corrected chi connectivity index (χ0v) is 40.8. The van der Waals surface area contributed by atoms with Crippen molar-refractivity contribution in [3.63, 3.8) is 0 Å². The fourth-order valence-electron chi connectivity index (χ4n) is 9.41. The second-order valence-corrected chi connectivity index (χ2v) is 17.9. The third kappa shape index (κ3) is 14.6. The average Bonchev–Trinajstić information content (AvgIpc) is 4.15. The lowest BCUT2D eigenvalue weighted by Gasteiger charge is -2.36. The molecule has 2 aromatic heterocycles. The first-order valence-electron chi connectivity index (χ1n) is 24.8. The first-order chi connectivity index (χ1) is 30.6. The molecule has 3 fully saturated rings.